The van der Waals surface area contributed by atoms with Crippen LogP contribution in [0.5, 0.6) is 0 Å². The van der Waals surface area contributed by atoms with Gasteiger partial charge in [-0.15, -0.1) is 11.8 Å². The van der Waals surface area contributed by atoms with Crippen molar-refractivity contribution in [3.05, 3.63) is 22.7 Å². The number of aliphatic hydroxyl groups is 2. The van der Waals surface area contributed by atoms with Gasteiger partial charge in [0, 0.05) is 6.20 Å². The Morgan fingerprint density at radius 3 is 2.34 bits per heavy atom. The number of thioether (sulfide) groups is 1. The van der Waals surface area contributed by atoms with Gasteiger partial charge >= 0.3 is 29.2 Å². The summed E-state index contributed by atoms with van der Waals surface area (Å²) in [6.45, 7) is 1.10. The first-order valence-corrected chi connectivity index (χ1v) is 15.7. The van der Waals surface area contributed by atoms with E-state index in [-0.39, 0.29) is 0 Å². The Labute approximate surface area is 203 Å². The van der Waals surface area contributed by atoms with Crippen LogP contribution in [0.2, 0.25) is 0 Å². The van der Waals surface area contributed by atoms with E-state index in [4.69, 9.17) is 19.4 Å². The lowest BCUT2D eigenvalue weighted by Crippen LogP contribution is -2.36. The van der Waals surface area contributed by atoms with Crippen LogP contribution in [0.25, 0.3) is 0 Å². The smallest absolute Gasteiger partial charge is 0.387 e. The van der Waals surface area contributed by atoms with Crippen molar-refractivity contribution in [2.24, 2.45) is 0 Å². The normalized spacial score (nSPS) is 26.4. The van der Waals surface area contributed by atoms with E-state index < -0.39 is 60.3 Å². The molecule has 1 fully saturated rings. The molecule has 35 heavy (non-hydrogen) atoms. The second-order valence-electron chi connectivity index (χ2n) is 7.30. The highest BCUT2D eigenvalue weighted by atomic mass is 32.2. The largest absolute Gasteiger partial charge is 0.490 e. The van der Waals surface area contributed by atoms with Gasteiger partial charge in [0.25, 0.3) is 0 Å². The zero-order chi connectivity index (χ0) is 26.4. The minimum absolute atomic E-state index is 0.458. The van der Waals surface area contributed by atoms with Crippen molar-refractivity contribution in [2.75, 3.05) is 12.4 Å². The molecule has 0 aliphatic carbocycles. The molecule has 0 bridgehead atoms. The van der Waals surface area contributed by atoms with Crippen LogP contribution in [0.15, 0.2) is 22.1 Å². The first-order valence-electron chi connectivity index (χ1n) is 10.2. The van der Waals surface area contributed by atoms with Crippen LogP contribution in [0.1, 0.15) is 38.8 Å². The zero-order valence-corrected chi connectivity index (χ0v) is 21.8. The Balaban J connectivity index is 1.98. The molecule has 0 amide bonds. The number of unbranched alkanes of at least 4 members (excludes halogenated alkanes) is 3. The van der Waals surface area contributed by atoms with Gasteiger partial charge in [-0.2, -0.15) is 13.6 Å². The predicted octanol–water partition coefficient (Wildman–Crippen LogP) is 0.878. The number of aromatic nitrogens is 2. The standard InChI is InChI=1S/C15H27N2O14P3S/c1-2-3-4-5-8-35-11-6-7-17(15(20)16-11)14-13(19)12(18)10(29-14)9-28-33(24,25)31-34(26,27)30-32(21,22)23/h6-7,10,12-14,18-19H,2-5,8-9H2,1H3,(H,24,25)(H,26,27)(H2,21,22,23)/t10-,12-,13-,14-/m1/s1. The molecule has 202 valence electrons. The maximum Gasteiger partial charge on any atom is 0.490 e. The molecule has 6 N–H and O–H groups in total. The SMILES string of the molecule is CCCCCCSc1ccn([C@@H]2O[C@H](COP(=O)(O)OP(=O)(O)OP(=O)(O)O)[C@@H](O)[C@H]2O)c(=O)n1. The molecular formula is C15H27N2O14P3S. The number of rotatable bonds is 14. The maximum absolute atomic E-state index is 12.4. The van der Waals surface area contributed by atoms with E-state index >= 15 is 0 Å². The number of ether oxygens (including phenoxy) is 1. The monoisotopic (exact) mass is 584 g/mol. The summed E-state index contributed by atoms with van der Waals surface area (Å²) in [6, 6.07) is 1.52. The lowest BCUT2D eigenvalue weighted by atomic mass is 10.1. The molecule has 0 aromatic carbocycles. The van der Waals surface area contributed by atoms with E-state index in [1.807, 2.05) is 0 Å². The van der Waals surface area contributed by atoms with E-state index in [1.54, 1.807) is 0 Å². The van der Waals surface area contributed by atoms with Gasteiger partial charge < -0.3 is 34.5 Å². The average molecular weight is 584 g/mol. The van der Waals surface area contributed by atoms with Crippen LogP contribution in [-0.4, -0.2) is 70.0 Å². The molecule has 0 radical (unpaired) electrons. The van der Waals surface area contributed by atoms with Crippen LogP contribution >= 0.6 is 35.2 Å². The van der Waals surface area contributed by atoms with E-state index in [1.165, 1.54) is 24.0 Å². The van der Waals surface area contributed by atoms with Gasteiger partial charge in [0.1, 0.15) is 23.3 Å². The molecule has 16 nitrogen and oxygen atoms in total. The molecule has 0 spiro atoms. The summed E-state index contributed by atoms with van der Waals surface area (Å²) in [5.41, 5.74) is -0.784. The number of nitrogens with zero attached hydrogens (tertiary/aromatic N) is 2. The molecule has 1 aromatic heterocycles. The van der Waals surface area contributed by atoms with Crippen molar-refractivity contribution in [3.63, 3.8) is 0 Å². The third-order valence-electron chi connectivity index (χ3n) is 4.48. The van der Waals surface area contributed by atoms with Crippen LogP contribution in [0.4, 0.5) is 0 Å². The van der Waals surface area contributed by atoms with Crippen molar-refractivity contribution in [1.29, 1.82) is 0 Å². The number of hydrogen-bond donors (Lipinski definition) is 6. The average Bonchev–Trinajstić information content (AvgIpc) is 2.98. The van der Waals surface area contributed by atoms with Crippen molar-refractivity contribution in [2.45, 2.75) is 62.2 Å². The number of phosphoric ester groups is 1. The van der Waals surface area contributed by atoms with Gasteiger partial charge in [-0.05, 0) is 18.2 Å². The Kier molecular flexibility index (Phi) is 11.3. The minimum Gasteiger partial charge on any atom is -0.387 e. The zero-order valence-electron chi connectivity index (χ0n) is 18.3. The highest BCUT2D eigenvalue weighted by Crippen LogP contribution is 2.66. The molecule has 1 aromatic rings. The molecule has 20 heteroatoms. The van der Waals surface area contributed by atoms with E-state index in [0.29, 0.717) is 5.03 Å². The van der Waals surface area contributed by atoms with Gasteiger partial charge in [-0.3, -0.25) is 9.09 Å². The van der Waals surface area contributed by atoms with Gasteiger partial charge in [-0.1, -0.05) is 26.2 Å². The third-order valence-corrected chi connectivity index (χ3v) is 9.30. The minimum atomic E-state index is -5.72. The molecule has 1 saturated heterocycles. The van der Waals surface area contributed by atoms with Crippen molar-refractivity contribution >= 4 is 35.2 Å². The topological polar surface area (TPSA) is 244 Å². The third kappa shape index (κ3) is 10.1. The van der Waals surface area contributed by atoms with Crippen LogP contribution in [-0.2, 0) is 31.6 Å². The van der Waals surface area contributed by atoms with Crippen molar-refractivity contribution in [1.82, 2.24) is 9.55 Å². The molecule has 2 unspecified atom stereocenters. The summed E-state index contributed by atoms with van der Waals surface area (Å²) in [4.78, 5) is 52.0. The fourth-order valence-electron chi connectivity index (χ4n) is 2.94. The van der Waals surface area contributed by atoms with Gasteiger partial charge in [0.15, 0.2) is 6.23 Å². The number of phosphoric acid groups is 3. The molecule has 0 saturated carbocycles. The second kappa shape index (κ2) is 12.9. The lowest BCUT2D eigenvalue weighted by molar-refractivity contribution is -0.0543. The Bertz CT molecular complexity index is 1050. The second-order valence-corrected chi connectivity index (χ2v) is 12.8. The fourth-order valence-corrected chi connectivity index (χ4v) is 6.83. The van der Waals surface area contributed by atoms with Gasteiger partial charge in [0.05, 0.1) is 6.61 Å². The predicted molar refractivity (Wildman–Crippen MR) is 119 cm³/mol. The Morgan fingerprint density at radius 2 is 1.74 bits per heavy atom. The van der Waals surface area contributed by atoms with Crippen LogP contribution in [0.3, 0.4) is 0 Å². The van der Waals surface area contributed by atoms with E-state index in [9.17, 15) is 33.6 Å². The highest BCUT2D eigenvalue weighted by Gasteiger charge is 2.46. The Morgan fingerprint density at radius 1 is 1.06 bits per heavy atom. The maximum atomic E-state index is 12.4. The fraction of sp³-hybridized carbons (Fsp3) is 0.733. The molecule has 1 aliphatic heterocycles. The quantitative estimate of drug-likeness (QED) is 0.0769. The lowest BCUT2D eigenvalue weighted by Gasteiger charge is -2.19. The summed E-state index contributed by atoms with van der Waals surface area (Å²) >= 11 is 1.38. The first kappa shape index (κ1) is 30.7. The summed E-state index contributed by atoms with van der Waals surface area (Å²) in [7, 11) is -16.7. The molecule has 2 heterocycles. The number of aliphatic hydroxyl groups excluding tert-OH is 2. The molecule has 1 aliphatic rings. The number of hydrogen-bond acceptors (Lipinski definition) is 12. The van der Waals surface area contributed by atoms with Crippen molar-refractivity contribution in [3.8, 4) is 0 Å². The highest BCUT2D eigenvalue weighted by molar-refractivity contribution is 7.99. The first-order chi connectivity index (χ1) is 16.1. The Hall–Kier alpha value is -0.480. The molecule has 2 rings (SSSR count). The summed E-state index contributed by atoms with van der Waals surface area (Å²) in [5, 5.41) is 20.9. The molecule has 6 atom stereocenters. The van der Waals surface area contributed by atoms with Crippen LogP contribution in [0, 0.1) is 0 Å². The van der Waals surface area contributed by atoms with E-state index in [2.05, 4.69) is 25.1 Å². The van der Waals surface area contributed by atoms with E-state index in [0.717, 1.165) is 36.0 Å². The van der Waals surface area contributed by atoms with Gasteiger partial charge in [0.2, 0.25) is 0 Å². The molecular weight excluding hydrogens is 557 g/mol. The van der Waals surface area contributed by atoms with Crippen molar-refractivity contribution < 1.29 is 61.4 Å². The van der Waals surface area contributed by atoms with Gasteiger partial charge in [-0.25, -0.2) is 18.5 Å². The summed E-state index contributed by atoms with van der Waals surface area (Å²) < 4.78 is 51.6. The van der Waals surface area contributed by atoms with Crippen LogP contribution < -0.4 is 5.69 Å². The summed E-state index contributed by atoms with van der Waals surface area (Å²) in [5.74, 6) is 0.764. The summed E-state index contributed by atoms with van der Waals surface area (Å²) in [6.07, 6.45) is -0.852.